The molecular weight excluding hydrogens is 433 g/mol. The highest BCUT2D eigenvalue weighted by molar-refractivity contribution is 7.17. The fourth-order valence-electron chi connectivity index (χ4n) is 3.35. The van der Waals surface area contributed by atoms with Crippen molar-refractivity contribution in [2.45, 2.75) is 20.0 Å². The summed E-state index contributed by atoms with van der Waals surface area (Å²) < 4.78 is 16.6. The molecule has 0 bridgehead atoms. The Kier molecular flexibility index (Phi) is 5.83. The lowest BCUT2D eigenvalue weighted by molar-refractivity contribution is -0.116. The first kappa shape index (κ1) is 21.4. The third-order valence-electron chi connectivity index (χ3n) is 5.00. The molecule has 0 aliphatic heterocycles. The van der Waals surface area contributed by atoms with Crippen molar-refractivity contribution in [3.8, 4) is 0 Å². The summed E-state index contributed by atoms with van der Waals surface area (Å²) in [5.41, 5.74) is 0.292. The van der Waals surface area contributed by atoms with E-state index in [1.165, 1.54) is 29.7 Å². The largest absolute Gasteiger partial charge is 0.332 e. The van der Waals surface area contributed by atoms with Crippen molar-refractivity contribution >= 4 is 38.9 Å². The Balaban J connectivity index is 1.67. The van der Waals surface area contributed by atoms with Crippen molar-refractivity contribution in [1.29, 1.82) is 0 Å². The van der Waals surface area contributed by atoms with Crippen LogP contribution in [0, 0.1) is 5.82 Å². The van der Waals surface area contributed by atoms with Crippen LogP contribution >= 0.6 is 11.3 Å². The average Bonchev–Trinajstić information content (AvgIpc) is 3.26. The molecule has 0 saturated heterocycles. The van der Waals surface area contributed by atoms with Crippen LogP contribution in [0.2, 0.25) is 0 Å². The van der Waals surface area contributed by atoms with Gasteiger partial charge in [0, 0.05) is 16.8 Å². The molecule has 1 N–H and O–H groups in total. The van der Waals surface area contributed by atoms with Crippen LogP contribution in [0.15, 0.2) is 69.6 Å². The molecule has 0 atom stereocenters. The number of carbonyl (C=O) groups excluding carboxylic acids is 2. The molecule has 2 heterocycles. The Morgan fingerprint density at radius 2 is 1.72 bits per heavy atom. The Hall–Kier alpha value is -3.85. The number of carbonyl (C=O) groups is 2. The molecule has 162 valence electrons. The molecule has 4 aromatic rings. The summed E-state index contributed by atoms with van der Waals surface area (Å²) in [6.07, 6.45) is 0. The Bertz CT molecular complexity index is 1450. The monoisotopic (exact) mass is 451 g/mol. The van der Waals surface area contributed by atoms with Gasteiger partial charge in [-0.2, -0.15) is 0 Å². The molecule has 0 fully saturated rings. The number of benzene rings is 2. The van der Waals surface area contributed by atoms with E-state index in [1.54, 1.807) is 41.8 Å². The summed E-state index contributed by atoms with van der Waals surface area (Å²) in [6.45, 7) is 0.868. The van der Waals surface area contributed by atoms with E-state index in [-0.39, 0.29) is 24.4 Å². The number of ketones is 1. The SMILES string of the molecule is CC(=O)c1ccc(NC(=O)Cn2c(=O)n(Cc3ccccc3F)c(=O)c3sccc32)cc1. The third-order valence-corrected chi connectivity index (χ3v) is 5.89. The van der Waals surface area contributed by atoms with E-state index in [1.807, 2.05) is 0 Å². The third kappa shape index (κ3) is 4.15. The van der Waals surface area contributed by atoms with Crippen molar-refractivity contribution in [2.24, 2.45) is 0 Å². The van der Waals surface area contributed by atoms with E-state index in [9.17, 15) is 23.6 Å². The fourth-order valence-corrected chi connectivity index (χ4v) is 4.20. The topological polar surface area (TPSA) is 90.2 Å². The molecule has 2 aromatic heterocycles. The zero-order valence-corrected chi connectivity index (χ0v) is 17.8. The molecule has 0 aliphatic carbocycles. The maximum atomic E-state index is 14.1. The number of amides is 1. The van der Waals surface area contributed by atoms with Crippen LogP contribution in [0.5, 0.6) is 0 Å². The molecule has 1 amide bonds. The number of fused-ring (bicyclic) bond motifs is 1. The number of aromatic nitrogens is 2. The van der Waals surface area contributed by atoms with Crippen LogP contribution in [-0.2, 0) is 17.9 Å². The molecule has 0 unspecified atom stereocenters. The minimum absolute atomic E-state index is 0.0913. The van der Waals surface area contributed by atoms with E-state index in [0.29, 0.717) is 21.5 Å². The van der Waals surface area contributed by atoms with Crippen LogP contribution in [0.4, 0.5) is 10.1 Å². The molecule has 0 aliphatic rings. The summed E-state index contributed by atoms with van der Waals surface area (Å²) >= 11 is 1.15. The van der Waals surface area contributed by atoms with Crippen molar-refractivity contribution in [3.63, 3.8) is 0 Å². The first-order valence-corrected chi connectivity index (χ1v) is 10.6. The number of nitrogens with zero attached hydrogens (tertiary/aromatic N) is 2. The Morgan fingerprint density at radius 3 is 2.41 bits per heavy atom. The number of thiophene rings is 1. The smallest absolute Gasteiger partial charge is 0.325 e. The van der Waals surface area contributed by atoms with Crippen LogP contribution in [0.3, 0.4) is 0 Å². The van der Waals surface area contributed by atoms with Crippen molar-refractivity contribution < 1.29 is 14.0 Å². The van der Waals surface area contributed by atoms with E-state index >= 15 is 0 Å². The number of anilines is 1. The standard InChI is InChI=1S/C23H18FN3O4S/c1-14(28)15-6-8-17(9-7-15)25-20(29)13-26-19-10-11-32-21(19)22(30)27(23(26)31)12-16-4-2-3-5-18(16)24/h2-11H,12-13H2,1H3,(H,25,29). The van der Waals surface area contributed by atoms with Gasteiger partial charge in [0.05, 0.1) is 12.1 Å². The van der Waals surface area contributed by atoms with E-state index in [2.05, 4.69) is 5.32 Å². The number of hydrogen-bond acceptors (Lipinski definition) is 5. The van der Waals surface area contributed by atoms with E-state index in [0.717, 1.165) is 15.9 Å². The summed E-state index contributed by atoms with van der Waals surface area (Å²) in [7, 11) is 0. The summed E-state index contributed by atoms with van der Waals surface area (Å²) in [6, 6.07) is 13.9. The van der Waals surface area contributed by atoms with Gasteiger partial charge >= 0.3 is 5.69 Å². The van der Waals surface area contributed by atoms with Gasteiger partial charge in [0.2, 0.25) is 5.91 Å². The minimum atomic E-state index is -0.703. The van der Waals surface area contributed by atoms with Gasteiger partial charge in [-0.05, 0) is 48.7 Å². The van der Waals surface area contributed by atoms with Crippen molar-refractivity contribution in [3.05, 3.63) is 97.8 Å². The van der Waals surface area contributed by atoms with Crippen LogP contribution in [0.25, 0.3) is 10.2 Å². The fraction of sp³-hybridized carbons (Fsp3) is 0.130. The maximum Gasteiger partial charge on any atom is 0.332 e. The molecular formula is C23H18FN3O4S. The van der Waals surface area contributed by atoms with Gasteiger partial charge < -0.3 is 5.32 Å². The van der Waals surface area contributed by atoms with Gasteiger partial charge in [0.1, 0.15) is 17.1 Å². The zero-order valence-electron chi connectivity index (χ0n) is 17.0. The minimum Gasteiger partial charge on any atom is -0.325 e. The van der Waals surface area contributed by atoms with Gasteiger partial charge in [0.25, 0.3) is 5.56 Å². The lowest BCUT2D eigenvalue weighted by Crippen LogP contribution is -2.41. The molecule has 2 aromatic carbocycles. The number of hydrogen-bond donors (Lipinski definition) is 1. The summed E-state index contributed by atoms with van der Waals surface area (Å²) in [5, 5.41) is 4.34. The van der Waals surface area contributed by atoms with Crippen LogP contribution in [-0.4, -0.2) is 20.8 Å². The molecule has 9 heteroatoms. The van der Waals surface area contributed by atoms with E-state index in [4.69, 9.17) is 0 Å². The van der Waals surface area contributed by atoms with Gasteiger partial charge in [-0.25, -0.2) is 9.18 Å². The highest BCUT2D eigenvalue weighted by atomic mass is 32.1. The lowest BCUT2D eigenvalue weighted by Gasteiger charge is -2.13. The second-order valence-corrected chi connectivity index (χ2v) is 8.08. The van der Waals surface area contributed by atoms with Crippen molar-refractivity contribution in [2.75, 3.05) is 5.32 Å². The first-order chi connectivity index (χ1) is 15.3. The first-order valence-electron chi connectivity index (χ1n) is 9.70. The molecule has 32 heavy (non-hydrogen) atoms. The van der Waals surface area contributed by atoms with E-state index < -0.39 is 23.0 Å². The Labute approximate surface area is 185 Å². The number of rotatable bonds is 6. The summed E-state index contributed by atoms with van der Waals surface area (Å²) in [4.78, 5) is 50.0. The maximum absolute atomic E-state index is 14.1. The zero-order chi connectivity index (χ0) is 22.8. The number of halogens is 1. The second kappa shape index (κ2) is 8.72. The van der Waals surface area contributed by atoms with Gasteiger partial charge in [0.15, 0.2) is 5.78 Å². The van der Waals surface area contributed by atoms with Gasteiger partial charge in [-0.3, -0.25) is 23.5 Å². The molecule has 0 saturated carbocycles. The molecule has 4 rings (SSSR count). The van der Waals surface area contributed by atoms with Crippen LogP contribution in [0.1, 0.15) is 22.8 Å². The van der Waals surface area contributed by atoms with Gasteiger partial charge in [-0.1, -0.05) is 18.2 Å². The number of nitrogens with one attached hydrogen (secondary N) is 1. The molecule has 0 radical (unpaired) electrons. The normalized spacial score (nSPS) is 10.9. The van der Waals surface area contributed by atoms with Crippen LogP contribution < -0.4 is 16.6 Å². The van der Waals surface area contributed by atoms with Crippen molar-refractivity contribution in [1.82, 2.24) is 9.13 Å². The Morgan fingerprint density at radius 1 is 1.00 bits per heavy atom. The molecule has 7 nitrogen and oxygen atoms in total. The highest BCUT2D eigenvalue weighted by Gasteiger charge is 2.17. The summed E-state index contributed by atoms with van der Waals surface area (Å²) in [5.74, 6) is -1.10. The lowest BCUT2D eigenvalue weighted by atomic mass is 10.1. The predicted molar refractivity (Wildman–Crippen MR) is 121 cm³/mol. The highest BCUT2D eigenvalue weighted by Crippen LogP contribution is 2.16. The predicted octanol–water partition coefficient (Wildman–Crippen LogP) is 3.25. The number of Topliss-reactive ketones (excluding diaryl/α,β-unsaturated/α-hetero) is 1. The second-order valence-electron chi connectivity index (χ2n) is 7.17. The quantitative estimate of drug-likeness (QED) is 0.456. The average molecular weight is 451 g/mol. The molecule has 0 spiro atoms. The van der Waals surface area contributed by atoms with Gasteiger partial charge in [-0.15, -0.1) is 11.3 Å².